The van der Waals surface area contributed by atoms with E-state index in [1.807, 2.05) is 66.7 Å². The molecule has 3 nitrogen and oxygen atoms in total. The van der Waals surface area contributed by atoms with Crippen molar-refractivity contribution in [1.29, 1.82) is 0 Å². The summed E-state index contributed by atoms with van der Waals surface area (Å²) in [5.74, 6) is -0.107. The second-order valence-corrected chi connectivity index (χ2v) is 4.90. The molecule has 0 saturated carbocycles. The van der Waals surface area contributed by atoms with Crippen LogP contribution in [0.25, 0.3) is 0 Å². The summed E-state index contributed by atoms with van der Waals surface area (Å²) in [4.78, 5) is 14.6. The number of rotatable bonds is 3. The van der Waals surface area contributed by atoms with E-state index in [0.717, 1.165) is 5.69 Å². The van der Waals surface area contributed by atoms with Gasteiger partial charge in [0.15, 0.2) is 0 Å². The van der Waals surface area contributed by atoms with E-state index in [1.54, 1.807) is 23.1 Å². The Bertz CT molecular complexity index is 770. The standard InChI is InChI=1S/C19H16N2O/c20-17-13-7-8-14-18(17)21(16-11-5-2-6-12-16)19(22)15-9-3-1-4-10-15/h1-14H,20H2. The molecule has 0 aliphatic heterocycles. The van der Waals surface area contributed by atoms with E-state index in [9.17, 15) is 4.79 Å². The summed E-state index contributed by atoms with van der Waals surface area (Å²) in [5.41, 5.74) is 8.74. The number of nitrogens with zero attached hydrogens (tertiary/aromatic N) is 1. The number of benzene rings is 3. The van der Waals surface area contributed by atoms with Crippen molar-refractivity contribution >= 4 is 23.0 Å². The van der Waals surface area contributed by atoms with Gasteiger partial charge in [0, 0.05) is 11.3 Å². The van der Waals surface area contributed by atoms with Crippen LogP contribution >= 0.6 is 0 Å². The lowest BCUT2D eigenvalue weighted by Crippen LogP contribution is -2.26. The van der Waals surface area contributed by atoms with Gasteiger partial charge in [-0.1, -0.05) is 48.5 Å². The average Bonchev–Trinajstić information content (AvgIpc) is 2.58. The highest BCUT2D eigenvalue weighted by Crippen LogP contribution is 2.31. The van der Waals surface area contributed by atoms with Crippen LogP contribution in [0.2, 0.25) is 0 Å². The smallest absolute Gasteiger partial charge is 0.262 e. The molecule has 2 N–H and O–H groups in total. The third-order valence-electron chi connectivity index (χ3n) is 3.42. The lowest BCUT2D eigenvalue weighted by atomic mass is 10.1. The first-order valence-electron chi connectivity index (χ1n) is 7.06. The van der Waals surface area contributed by atoms with Gasteiger partial charge in [-0.05, 0) is 36.4 Å². The first kappa shape index (κ1) is 13.9. The van der Waals surface area contributed by atoms with Crippen molar-refractivity contribution in [2.75, 3.05) is 10.6 Å². The van der Waals surface area contributed by atoms with Crippen LogP contribution in [0.5, 0.6) is 0 Å². The average molecular weight is 288 g/mol. The zero-order valence-electron chi connectivity index (χ0n) is 12.0. The van der Waals surface area contributed by atoms with Gasteiger partial charge in [-0.3, -0.25) is 9.69 Å². The third kappa shape index (κ3) is 2.69. The molecule has 1 amide bonds. The molecule has 0 radical (unpaired) electrons. The van der Waals surface area contributed by atoms with Gasteiger partial charge in [0.1, 0.15) is 0 Å². The number of carbonyl (C=O) groups excluding carboxylic acids is 1. The highest BCUT2D eigenvalue weighted by molar-refractivity contribution is 6.12. The normalized spacial score (nSPS) is 10.2. The molecule has 0 aliphatic carbocycles. The Labute approximate surface area is 129 Å². The molecule has 3 rings (SSSR count). The Morgan fingerprint density at radius 3 is 1.91 bits per heavy atom. The Morgan fingerprint density at radius 2 is 1.27 bits per heavy atom. The maximum Gasteiger partial charge on any atom is 0.262 e. The lowest BCUT2D eigenvalue weighted by molar-refractivity contribution is 0.0999. The number of anilines is 3. The van der Waals surface area contributed by atoms with Crippen LogP contribution in [-0.2, 0) is 0 Å². The Kier molecular flexibility index (Phi) is 3.88. The van der Waals surface area contributed by atoms with Crippen LogP contribution in [0.4, 0.5) is 17.1 Å². The van der Waals surface area contributed by atoms with E-state index in [4.69, 9.17) is 5.73 Å². The maximum absolute atomic E-state index is 13.0. The fourth-order valence-corrected chi connectivity index (χ4v) is 2.34. The summed E-state index contributed by atoms with van der Waals surface area (Å²) >= 11 is 0. The first-order chi connectivity index (χ1) is 10.8. The predicted molar refractivity (Wildman–Crippen MR) is 90.2 cm³/mol. The topological polar surface area (TPSA) is 46.3 Å². The molecule has 0 bridgehead atoms. The number of para-hydroxylation sites is 3. The van der Waals surface area contributed by atoms with Gasteiger partial charge in [-0.25, -0.2) is 0 Å². The Morgan fingerprint density at radius 1 is 0.727 bits per heavy atom. The monoisotopic (exact) mass is 288 g/mol. The minimum Gasteiger partial charge on any atom is -0.397 e. The molecule has 3 aromatic carbocycles. The molecule has 0 saturated heterocycles. The van der Waals surface area contributed by atoms with Crippen molar-refractivity contribution < 1.29 is 4.79 Å². The van der Waals surface area contributed by atoms with Gasteiger partial charge in [-0.15, -0.1) is 0 Å². The van der Waals surface area contributed by atoms with E-state index < -0.39 is 0 Å². The zero-order chi connectivity index (χ0) is 15.4. The molecule has 0 heterocycles. The number of nitrogens with two attached hydrogens (primary N) is 1. The maximum atomic E-state index is 13.0. The molecule has 0 unspecified atom stereocenters. The van der Waals surface area contributed by atoms with Gasteiger partial charge in [0.05, 0.1) is 11.4 Å². The number of hydrogen-bond donors (Lipinski definition) is 1. The zero-order valence-corrected chi connectivity index (χ0v) is 12.0. The largest absolute Gasteiger partial charge is 0.397 e. The minimum atomic E-state index is -0.107. The van der Waals surface area contributed by atoms with E-state index >= 15 is 0 Å². The molecule has 108 valence electrons. The number of amides is 1. The molecule has 22 heavy (non-hydrogen) atoms. The fourth-order valence-electron chi connectivity index (χ4n) is 2.34. The van der Waals surface area contributed by atoms with Crippen molar-refractivity contribution in [1.82, 2.24) is 0 Å². The molecule has 3 aromatic rings. The highest BCUT2D eigenvalue weighted by atomic mass is 16.2. The van der Waals surface area contributed by atoms with E-state index in [0.29, 0.717) is 16.9 Å². The van der Waals surface area contributed by atoms with Crippen molar-refractivity contribution in [3.05, 3.63) is 90.5 Å². The van der Waals surface area contributed by atoms with Crippen molar-refractivity contribution in [2.45, 2.75) is 0 Å². The number of nitrogen functional groups attached to an aromatic ring is 1. The van der Waals surface area contributed by atoms with Crippen molar-refractivity contribution in [2.24, 2.45) is 0 Å². The van der Waals surface area contributed by atoms with Crippen LogP contribution in [0.3, 0.4) is 0 Å². The van der Waals surface area contributed by atoms with Crippen LogP contribution in [0.15, 0.2) is 84.9 Å². The van der Waals surface area contributed by atoms with Crippen LogP contribution in [0.1, 0.15) is 10.4 Å². The van der Waals surface area contributed by atoms with Gasteiger partial charge in [-0.2, -0.15) is 0 Å². The van der Waals surface area contributed by atoms with E-state index in [-0.39, 0.29) is 5.91 Å². The van der Waals surface area contributed by atoms with Crippen molar-refractivity contribution in [3.8, 4) is 0 Å². The second-order valence-electron chi connectivity index (χ2n) is 4.90. The lowest BCUT2D eigenvalue weighted by Gasteiger charge is -2.24. The quantitative estimate of drug-likeness (QED) is 0.732. The van der Waals surface area contributed by atoms with Crippen LogP contribution < -0.4 is 10.6 Å². The Balaban J connectivity index is 2.12. The SMILES string of the molecule is Nc1ccccc1N(C(=O)c1ccccc1)c1ccccc1. The minimum absolute atomic E-state index is 0.107. The van der Waals surface area contributed by atoms with Gasteiger partial charge in [0.2, 0.25) is 0 Å². The fraction of sp³-hybridized carbons (Fsp3) is 0. The van der Waals surface area contributed by atoms with E-state index in [1.165, 1.54) is 0 Å². The molecule has 0 fully saturated rings. The molecule has 0 aliphatic rings. The summed E-state index contributed by atoms with van der Waals surface area (Å²) < 4.78 is 0. The Hall–Kier alpha value is -3.07. The number of carbonyl (C=O) groups is 1. The third-order valence-corrected chi connectivity index (χ3v) is 3.42. The van der Waals surface area contributed by atoms with Gasteiger partial charge in [0.25, 0.3) is 5.91 Å². The van der Waals surface area contributed by atoms with Crippen LogP contribution in [0, 0.1) is 0 Å². The predicted octanol–water partition coefficient (Wildman–Crippen LogP) is 4.25. The summed E-state index contributed by atoms with van der Waals surface area (Å²) in [5, 5.41) is 0. The molecule has 0 atom stereocenters. The molecular weight excluding hydrogens is 272 g/mol. The number of hydrogen-bond acceptors (Lipinski definition) is 2. The van der Waals surface area contributed by atoms with E-state index in [2.05, 4.69) is 0 Å². The first-order valence-corrected chi connectivity index (χ1v) is 7.06. The van der Waals surface area contributed by atoms with Crippen molar-refractivity contribution in [3.63, 3.8) is 0 Å². The molecule has 0 spiro atoms. The van der Waals surface area contributed by atoms with Crippen LogP contribution in [-0.4, -0.2) is 5.91 Å². The molecule has 0 aromatic heterocycles. The second kappa shape index (κ2) is 6.14. The molecular formula is C19H16N2O. The highest BCUT2D eigenvalue weighted by Gasteiger charge is 2.20. The summed E-state index contributed by atoms with van der Waals surface area (Å²) in [6, 6.07) is 26.1. The summed E-state index contributed by atoms with van der Waals surface area (Å²) in [7, 11) is 0. The summed E-state index contributed by atoms with van der Waals surface area (Å²) in [6.45, 7) is 0. The van der Waals surface area contributed by atoms with Gasteiger partial charge < -0.3 is 5.73 Å². The van der Waals surface area contributed by atoms with Gasteiger partial charge >= 0.3 is 0 Å². The molecule has 3 heteroatoms. The summed E-state index contributed by atoms with van der Waals surface area (Å²) in [6.07, 6.45) is 0.